The lowest BCUT2D eigenvalue weighted by Crippen LogP contribution is -2.46. The number of carbonyl (C=O) groups is 2. The summed E-state index contributed by atoms with van der Waals surface area (Å²) in [5, 5.41) is 2.88. The molecule has 25 heavy (non-hydrogen) atoms. The molecule has 0 saturated carbocycles. The summed E-state index contributed by atoms with van der Waals surface area (Å²) in [5.41, 5.74) is 0. The third kappa shape index (κ3) is 4.55. The molecular weight excluding hydrogens is 322 g/mol. The van der Waals surface area contributed by atoms with Crippen molar-refractivity contribution in [3.8, 4) is 11.5 Å². The van der Waals surface area contributed by atoms with Gasteiger partial charge >= 0.3 is 6.03 Å². The average molecular weight is 347 g/mol. The van der Waals surface area contributed by atoms with E-state index in [1.165, 1.54) is 0 Å². The molecule has 0 aromatic heterocycles. The van der Waals surface area contributed by atoms with Crippen LogP contribution in [-0.2, 0) is 4.79 Å². The monoisotopic (exact) mass is 347 g/mol. The van der Waals surface area contributed by atoms with Crippen LogP contribution in [-0.4, -0.2) is 67.7 Å². The van der Waals surface area contributed by atoms with Crippen molar-refractivity contribution in [3.05, 3.63) is 24.3 Å². The predicted octanol–water partition coefficient (Wildman–Crippen LogP) is 1.48. The number of hydrogen-bond acceptors (Lipinski definition) is 4. The lowest BCUT2D eigenvalue weighted by Gasteiger charge is -2.29. The maximum absolute atomic E-state index is 12.2. The zero-order chi connectivity index (χ0) is 17.6. The molecule has 3 rings (SSSR count). The van der Waals surface area contributed by atoms with E-state index in [4.69, 9.17) is 9.47 Å². The van der Waals surface area contributed by atoms with E-state index in [1.807, 2.05) is 29.2 Å². The number of ether oxygens (including phenoxy) is 2. The van der Waals surface area contributed by atoms with E-state index in [-0.39, 0.29) is 18.0 Å². The van der Waals surface area contributed by atoms with Gasteiger partial charge in [0.1, 0.15) is 6.61 Å². The number of likely N-dealkylation sites (tertiary alicyclic amines) is 1. The number of para-hydroxylation sites is 2. The molecule has 136 valence electrons. The first-order valence-electron chi connectivity index (χ1n) is 8.78. The van der Waals surface area contributed by atoms with Gasteiger partial charge in [0.15, 0.2) is 17.6 Å². The molecule has 2 aliphatic rings. The number of amides is 3. The Hall–Kier alpha value is -2.44. The van der Waals surface area contributed by atoms with Crippen molar-refractivity contribution in [1.29, 1.82) is 0 Å². The van der Waals surface area contributed by atoms with Gasteiger partial charge in [0.05, 0.1) is 6.54 Å². The molecule has 0 radical (unpaired) electrons. The molecule has 2 aliphatic heterocycles. The number of carbonyl (C=O) groups excluding carboxylic acids is 2. The second-order valence-electron chi connectivity index (χ2n) is 6.45. The summed E-state index contributed by atoms with van der Waals surface area (Å²) >= 11 is 0. The summed E-state index contributed by atoms with van der Waals surface area (Å²) in [6.45, 7) is 2.97. The molecule has 7 heteroatoms. The van der Waals surface area contributed by atoms with E-state index in [9.17, 15) is 9.59 Å². The van der Waals surface area contributed by atoms with Crippen molar-refractivity contribution in [3.63, 3.8) is 0 Å². The first-order valence-corrected chi connectivity index (χ1v) is 8.78. The van der Waals surface area contributed by atoms with Gasteiger partial charge < -0.3 is 24.6 Å². The van der Waals surface area contributed by atoms with Crippen LogP contribution < -0.4 is 14.8 Å². The SMILES string of the molecule is CN(CC1COc2ccccc2O1)C(=O)NCCCN1CCCC1=O. The lowest BCUT2D eigenvalue weighted by atomic mass is 10.2. The fourth-order valence-electron chi connectivity index (χ4n) is 3.08. The number of nitrogens with one attached hydrogen (secondary N) is 1. The van der Waals surface area contributed by atoms with E-state index in [2.05, 4.69) is 5.32 Å². The highest BCUT2D eigenvalue weighted by atomic mass is 16.6. The molecule has 0 aliphatic carbocycles. The number of hydrogen-bond donors (Lipinski definition) is 1. The van der Waals surface area contributed by atoms with E-state index >= 15 is 0 Å². The second kappa shape index (κ2) is 8.09. The van der Waals surface area contributed by atoms with Crippen molar-refractivity contribution in [2.45, 2.75) is 25.4 Å². The van der Waals surface area contributed by atoms with Crippen LogP contribution in [0.5, 0.6) is 11.5 Å². The minimum Gasteiger partial charge on any atom is -0.486 e. The Morgan fingerprint density at radius 1 is 1.36 bits per heavy atom. The van der Waals surface area contributed by atoms with Crippen LogP contribution in [0.1, 0.15) is 19.3 Å². The summed E-state index contributed by atoms with van der Waals surface area (Å²) in [5.74, 6) is 1.67. The van der Waals surface area contributed by atoms with Crippen LogP contribution in [0.25, 0.3) is 0 Å². The fourth-order valence-corrected chi connectivity index (χ4v) is 3.08. The quantitative estimate of drug-likeness (QED) is 0.792. The summed E-state index contributed by atoms with van der Waals surface area (Å²) in [4.78, 5) is 27.1. The third-order valence-corrected chi connectivity index (χ3v) is 4.44. The fraction of sp³-hybridized carbons (Fsp3) is 0.556. The zero-order valence-electron chi connectivity index (χ0n) is 14.6. The molecule has 1 unspecified atom stereocenters. The van der Waals surface area contributed by atoms with Crippen molar-refractivity contribution < 1.29 is 19.1 Å². The van der Waals surface area contributed by atoms with Crippen molar-refractivity contribution in [1.82, 2.24) is 15.1 Å². The van der Waals surface area contributed by atoms with E-state index < -0.39 is 0 Å². The van der Waals surface area contributed by atoms with Gasteiger partial charge in [-0.15, -0.1) is 0 Å². The van der Waals surface area contributed by atoms with Gasteiger partial charge in [0, 0.05) is 33.1 Å². The lowest BCUT2D eigenvalue weighted by molar-refractivity contribution is -0.127. The highest BCUT2D eigenvalue weighted by Crippen LogP contribution is 2.30. The Morgan fingerprint density at radius 2 is 2.16 bits per heavy atom. The molecule has 3 amide bonds. The molecule has 1 fully saturated rings. The highest BCUT2D eigenvalue weighted by molar-refractivity contribution is 5.78. The third-order valence-electron chi connectivity index (χ3n) is 4.44. The van der Waals surface area contributed by atoms with Crippen LogP contribution >= 0.6 is 0 Å². The van der Waals surface area contributed by atoms with E-state index in [0.29, 0.717) is 38.4 Å². The van der Waals surface area contributed by atoms with Crippen LogP contribution in [0.2, 0.25) is 0 Å². The number of nitrogens with zero attached hydrogens (tertiary/aromatic N) is 2. The number of likely N-dealkylation sites (N-methyl/N-ethyl adjacent to an activating group) is 1. The zero-order valence-corrected chi connectivity index (χ0v) is 14.6. The summed E-state index contributed by atoms with van der Waals surface area (Å²) in [7, 11) is 1.74. The molecule has 7 nitrogen and oxygen atoms in total. The Bertz CT molecular complexity index is 622. The first kappa shape index (κ1) is 17.4. The highest BCUT2D eigenvalue weighted by Gasteiger charge is 2.24. The molecular formula is C18H25N3O4. The van der Waals surface area contributed by atoms with Gasteiger partial charge in [-0.05, 0) is 25.0 Å². The number of fused-ring (bicyclic) bond motifs is 1. The Kier molecular flexibility index (Phi) is 5.63. The normalized spacial score (nSPS) is 19.0. The van der Waals surface area contributed by atoms with Crippen LogP contribution in [0.3, 0.4) is 0 Å². The largest absolute Gasteiger partial charge is 0.486 e. The average Bonchev–Trinajstić information content (AvgIpc) is 3.03. The molecule has 1 atom stereocenters. The maximum Gasteiger partial charge on any atom is 0.317 e. The number of rotatable bonds is 6. The van der Waals surface area contributed by atoms with E-state index in [0.717, 1.165) is 25.1 Å². The molecule has 1 aromatic carbocycles. The standard InChI is InChI=1S/C18H25N3O4/c1-20(12-14-13-24-15-6-2-3-7-16(15)25-14)18(23)19-9-5-11-21-10-4-8-17(21)22/h2-3,6-7,14H,4-5,8-13H2,1H3,(H,19,23). The topological polar surface area (TPSA) is 71.1 Å². The summed E-state index contributed by atoms with van der Waals surface area (Å²) in [6, 6.07) is 7.38. The second-order valence-corrected chi connectivity index (χ2v) is 6.45. The molecule has 0 bridgehead atoms. The Balaban J connectivity index is 1.36. The van der Waals surface area contributed by atoms with Gasteiger partial charge in [0.25, 0.3) is 0 Å². The predicted molar refractivity (Wildman–Crippen MR) is 92.8 cm³/mol. The molecule has 1 aromatic rings. The van der Waals surface area contributed by atoms with Crippen LogP contribution in [0.4, 0.5) is 4.79 Å². The van der Waals surface area contributed by atoms with Crippen LogP contribution in [0.15, 0.2) is 24.3 Å². The van der Waals surface area contributed by atoms with E-state index in [1.54, 1.807) is 11.9 Å². The number of urea groups is 1. The van der Waals surface area contributed by atoms with Crippen molar-refractivity contribution in [2.75, 3.05) is 39.8 Å². The van der Waals surface area contributed by atoms with Crippen molar-refractivity contribution >= 4 is 11.9 Å². The Morgan fingerprint density at radius 3 is 2.92 bits per heavy atom. The summed E-state index contributed by atoms with van der Waals surface area (Å²) < 4.78 is 11.5. The number of benzene rings is 1. The van der Waals surface area contributed by atoms with Crippen molar-refractivity contribution in [2.24, 2.45) is 0 Å². The molecule has 0 spiro atoms. The minimum absolute atomic E-state index is 0.143. The minimum atomic E-state index is -0.187. The molecule has 1 N–H and O–H groups in total. The van der Waals surface area contributed by atoms with Gasteiger partial charge in [-0.2, -0.15) is 0 Å². The van der Waals surface area contributed by atoms with Gasteiger partial charge in [-0.3, -0.25) is 4.79 Å². The molecule has 1 saturated heterocycles. The Labute approximate surface area is 147 Å². The van der Waals surface area contributed by atoms with Gasteiger partial charge in [0.2, 0.25) is 5.91 Å². The smallest absolute Gasteiger partial charge is 0.317 e. The molecule has 2 heterocycles. The summed E-state index contributed by atoms with van der Waals surface area (Å²) in [6.07, 6.45) is 2.18. The van der Waals surface area contributed by atoms with Gasteiger partial charge in [-0.25, -0.2) is 4.79 Å². The first-order chi connectivity index (χ1) is 12.1. The van der Waals surface area contributed by atoms with Crippen LogP contribution in [0, 0.1) is 0 Å². The van der Waals surface area contributed by atoms with Gasteiger partial charge in [-0.1, -0.05) is 12.1 Å². The maximum atomic E-state index is 12.2.